The average Bonchev–Trinajstić information content (AvgIpc) is 3.57. The molecule has 1 aliphatic heterocycles. The van der Waals surface area contributed by atoms with Crippen molar-refractivity contribution in [2.24, 2.45) is 7.05 Å². The molecule has 0 unspecified atom stereocenters. The normalized spacial score (nSPS) is 14.5. The fourth-order valence-corrected chi connectivity index (χ4v) is 5.38. The SMILES string of the molecule is Cn1cc2c(n1)CCc1c-2c2c(c3c1[nH]c1ccc(C(=O)c4ccco4)cc13)CNC2=O. The number of nitrogens with zero attached hydrogens (tertiary/aromatic N) is 2. The molecular weight excluding hydrogens is 404 g/mol. The van der Waals surface area contributed by atoms with Crippen LogP contribution in [0.15, 0.2) is 47.2 Å². The van der Waals surface area contributed by atoms with Gasteiger partial charge in [0.05, 0.1) is 23.0 Å². The number of aryl methyl sites for hydroxylation is 3. The highest BCUT2D eigenvalue weighted by molar-refractivity contribution is 6.20. The predicted octanol–water partition coefficient (Wildman–Crippen LogP) is 3.89. The third-order valence-electron chi connectivity index (χ3n) is 6.70. The molecule has 3 aromatic heterocycles. The maximum absolute atomic E-state index is 13.0. The lowest BCUT2D eigenvalue weighted by molar-refractivity contribution is 0.0965. The molecule has 32 heavy (non-hydrogen) atoms. The van der Waals surface area contributed by atoms with Crippen molar-refractivity contribution in [3.63, 3.8) is 0 Å². The molecule has 0 spiro atoms. The van der Waals surface area contributed by atoms with E-state index in [2.05, 4.69) is 15.4 Å². The number of aromatic amines is 1. The zero-order chi connectivity index (χ0) is 21.6. The Balaban J connectivity index is 1.56. The first-order chi connectivity index (χ1) is 15.6. The Morgan fingerprint density at radius 2 is 2.06 bits per heavy atom. The van der Waals surface area contributed by atoms with Gasteiger partial charge < -0.3 is 14.7 Å². The van der Waals surface area contributed by atoms with E-state index < -0.39 is 0 Å². The Hall–Kier alpha value is -4.13. The standard InChI is InChI=1S/C25H18N4O3/c1-29-11-16-18(28-29)7-5-13-20(16)22-15(10-26-25(22)31)21-14-9-12(4-6-17(14)27-23(13)21)24(30)19-3-2-8-32-19/h2-4,6,8-9,11,27H,5,7,10H2,1H3,(H,26,31). The van der Waals surface area contributed by atoms with E-state index in [-0.39, 0.29) is 11.7 Å². The fraction of sp³-hybridized carbons (Fsp3) is 0.160. The van der Waals surface area contributed by atoms with Crippen molar-refractivity contribution in [2.45, 2.75) is 19.4 Å². The lowest BCUT2D eigenvalue weighted by atomic mass is 9.83. The highest BCUT2D eigenvalue weighted by Gasteiger charge is 2.34. The number of furan rings is 1. The lowest BCUT2D eigenvalue weighted by Gasteiger charge is -2.19. The first-order valence-electron chi connectivity index (χ1n) is 10.6. The van der Waals surface area contributed by atoms with Crippen molar-refractivity contribution >= 4 is 33.5 Å². The van der Waals surface area contributed by atoms with Gasteiger partial charge in [0.25, 0.3) is 5.91 Å². The van der Waals surface area contributed by atoms with Gasteiger partial charge >= 0.3 is 0 Å². The smallest absolute Gasteiger partial charge is 0.252 e. The zero-order valence-corrected chi connectivity index (χ0v) is 17.3. The number of hydrogen-bond donors (Lipinski definition) is 2. The summed E-state index contributed by atoms with van der Waals surface area (Å²) in [7, 11) is 1.91. The third kappa shape index (κ3) is 2.17. The van der Waals surface area contributed by atoms with Crippen LogP contribution in [0.5, 0.6) is 0 Å². The largest absolute Gasteiger partial charge is 0.461 e. The number of fused-ring (bicyclic) bond motifs is 10. The van der Waals surface area contributed by atoms with Crippen LogP contribution in [0, 0.1) is 0 Å². The number of carbonyl (C=O) groups is 2. The van der Waals surface area contributed by atoms with Crippen LogP contribution in [0.4, 0.5) is 0 Å². The molecule has 7 heteroatoms. The minimum absolute atomic E-state index is 0.0491. The fourth-order valence-electron chi connectivity index (χ4n) is 5.38. The number of hydrogen-bond acceptors (Lipinski definition) is 4. The maximum Gasteiger partial charge on any atom is 0.252 e. The van der Waals surface area contributed by atoms with Gasteiger partial charge in [0.1, 0.15) is 0 Å². The molecule has 0 bridgehead atoms. The Labute approximate surface area is 182 Å². The van der Waals surface area contributed by atoms with Gasteiger partial charge in [0, 0.05) is 52.8 Å². The second-order valence-corrected chi connectivity index (χ2v) is 8.49. The third-order valence-corrected chi connectivity index (χ3v) is 6.70. The van der Waals surface area contributed by atoms with Gasteiger partial charge in [-0.25, -0.2) is 0 Å². The minimum Gasteiger partial charge on any atom is -0.461 e. The highest BCUT2D eigenvalue weighted by Crippen LogP contribution is 2.45. The summed E-state index contributed by atoms with van der Waals surface area (Å²) in [5.41, 5.74) is 8.48. The van der Waals surface area contributed by atoms with E-state index in [1.54, 1.807) is 12.1 Å². The quantitative estimate of drug-likeness (QED) is 0.422. The molecule has 0 saturated heterocycles. The van der Waals surface area contributed by atoms with Gasteiger partial charge in [0.2, 0.25) is 5.78 Å². The van der Waals surface area contributed by atoms with Gasteiger partial charge in [-0.2, -0.15) is 5.10 Å². The highest BCUT2D eigenvalue weighted by atomic mass is 16.3. The number of ketones is 1. The summed E-state index contributed by atoms with van der Waals surface area (Å²) in [4.78, 5) is 29.4. The topological polar surface area (TPSA) is 92.9 Å². The number of aromatic nitrogens is 3. The van der Waals surface area contributed by atoms with Gasteiger partial charge in [-0.15, -0.1) is 0 Å². The molecule has 2 aliphatic rings. The number of nitrogens with one attached hydrogen (secondary N) is 2. The number of benzene rings is 2. The van der Waals surface area contributed by atoms with Crippen molar-refractivity contribution in [3.05, 3.63) is 76.5 Å². The van der Waals surface area contributed by atoms with Crippen LogP contribution in [-0.2, 0) is 26.4 Å². The average molecular weight is 422 g/mol. The van der Waals surface area contributed by atoms with E-state index in [1.165, 1.54) is 6.26 Å². The van der Waals surface area contributed by atoms with Gasteiger partial charge in [-0.3, -0.25) is 14.3 Å². The number of amides is 1. The Morgan fingerprint density at radius 1 is 1.16 bits per heavy atom. The van der Waals surface area contributed by atoms with Crippen LogP contribution in [0.3, 0.4) is 0 Å². The molecule has 7 nitrogen and oxygen atoms in total. The molecule has 0 fully saturated rings. The maximum atomic E-state index is 13.0. The molecule has 0 radical (unpaired) electrons. The molecule has 2 N–H and O–H groups in total. The van der Waals surface area contributed by atoms with E-state index in [1.807, 2.05) is 36.1 Å². The van der Waals surface area contributed by atoms with Crippen molar-refractivity contribution in [2.75, 3.05) is 0 Å². The van der Waals surface area contributed by atoms with E-state index in [4.69, 9.17) is 4.42 Å². The van der Waals surface area contributed by atoms with Gasteiger partial charge in [-0.05, 0) is 54.3 Å². The summed E-state index contributed by atoms with van der Waals surface area (Å²) >= 11 is 0. The molecule has 1 amide bonds. The van der Waals surface area contributed by atoms with Crippen molar-refractivity contribution in [1.29, 1.82) is 0 Å². The molecule has 5 aromatic rings. The first kappa shape index (κ1) is 17.5. The molecule has 2 aromatic carbocycles. The van der Waals surface area contributed by atoms with Crippen LogP contribution in [0.1, 0.15) is 43.3 Å². The molecule has 0 saturated carbocycles. The van der Waals surface area contributed by atoms with Crippen molar-refractivity contribution in [3.8, 4) is 11.1 Å². The monoisotopic (exact) mass is 422 g/mol. The molecule has 0 atom stereocenters. The number of H-pyrrole nitrogens is 1. The molecule has 156 valence electrons. The second-order valence-electron chi connectivity index (χ2n) is 8.49. The Kier molecular flexibility index (Phi) is 3.27. The van der Waals surface area contributed by atoms with Crippen LogP contribution >= 0.6 is 0 Å². The summed E-state index contributed by atoms with van der Waals surface area (Å²) in [5, 5.41) is 9.60. The number of rotatable bonds is 2. The van der Waals surface area contributed by atoms with E-state index >= 15 is 0 Å². The van der Waals surface area contributed by atoms with E-state index in [9.17, 15) is 9.59 Å². The molecule has 7 rings (SSSR count). The van der Waals surface area contributed by atoms with Crippen LogP contribution in [-0.4, -0.2) is 26.5 Å². The van der Waals surface area contributed by atoms with Crippen LogP contribution in [0.2, 0.25) is 0 Å². The van der Waals surface area contributed by atoms with Crippen molar-refractivity contribution < 1.29 is 14.0 Å². The van der Waals surface area contributed by atoms with E-state index in [0.717, 1.165) is 68.2 Å². The van der Waals surface area contributed by atoms with Crippen LogP contribution in [0.25, 0.3) is 32.9 Å². The summed E-state index contributed by atoms with van der Waals surface area (Å²) in [6, 6.07) is 9.04. The van der Waals surface area contributed by atoms with Crippen molar-refractivity contribution in [1.82, 2.24) is 20.1 Å². The molecular formula is C25H18N4O3. The second kappa shape index (κ2) is 5.97. The summed E-state index contributed by atoms with van der Waals surface area (Å²) < 4.78 is 7.13. The summed E-state index contributed by atoms with van der Waals surface area (Å²) in [6.07, 6.45) is 5.14. The van der Waals surface area contributed by atoms with Gasteiger partial charge in [0.15, 0.2) is 5.76 Å². The predicted molar refractivity (Wildman–Crippen MR) is 119 cm³/mol. The summed E-state index contributed by atoms with van der Waals surface area (Å²) in [5.74, 6) is 0.106. The summed E-state index contributed by atoms with van der Waals surface area (Å²) in [6.45, 7) is 0.469. The first-order valence-corrected chi connectivity index (χ1v) is 10.6. The van der Waals surface area contributed by atoms with E-state index in [0.29, 0.717) is 17.9 Å². The zero-order valence-electron chi connectivity index (χ0n) is 17.3. The van der Waals surface area contributed by atoms with Gasteiger partial charge in [-0.1, -0.05) is 0 Å². The molecule has 4 heterocycles. The minimum atomic E-state index is -0.157. The number of carbonyl (C=O) groups excluding carboxylic acids is 2. The lowest BCUT2D eigenvalue weighted by Crippen LogP contribution is -2.15. The molecule has 1 aliphatic carbocycles. The Morgan fingerprint density at radius 3 is 2.91 bits per heavy atom. The Bertz CT molecular complexity index is 1620. The van der Waals surface area contributed by atoms with Crippen LogP contribution < -0.4 is 5.32 Å².